The Kier molecular flexibility index (Phi) is 8.19. The fourth-order valence-electron chi connectivity index (χ4n) is 2.53. The number of hydrogen-bond donors (Lipinski definition) is 2. The highest BCUT2D eigenvalue weighted by Crippen LogP contribution is 2.19. The maximum absolute atomic E-state index is 13.5. The predicted octanol–water partition coefficient (Wildman–Crippen LogP) is 4.11. The molecule has 31 heavy (non-hydrogen) atoms. The van der Waals surface area contributed by atoms with Crippen LogP contribution in [0, 0.1) is 5.82 Å². The van der Waals surface area contributed by atoms with Crippen molar-refractivity contribution in [3.8, 4) is 0 Å². The number of halogens is 2. The zero-order chi connectivity index (χ0) is 22.1. The molecule has 7 nitrogen and oxygen atoms in total. The van der Waals surface area contributed by atoms with E-state index in [9.17, 15) is 9.18 Å². The summed E-state index contributed by atoms with van der Waals surface area (Å²) in [6, 6.07) is 13.5. The average Bonchev–Trinajstić information content (AvgIpc) is 3.15. The molecule has 10 heteroatoms. The van der Waals surface area contributed by atoms with E-state index in [1.54, 1.807) is 36.4 Å². The Balaban J connectivity index is 1.55. The summed E-state index contributed by atoms with van der Waals surface area (Å²) in [6.07, 6.45) is 3.00. The van der Waals surface area contributed by atoms with Gasteiger partial charge in [0, 0.05) is 22.8 Å². The topological polar surface area (TPSA) is 84.2 Å². The third-order valence-electron chi connectivity index (χ3n) is 4.03. The molecule has 3 rings (SSSR count). The van der Waals surface area contributed by atoms with Crippen molar-refractivity contribution in [3.63, 3.8) is 0 Å². The lowest BCUT2D eigenvalue weighted by atomic mass is 10.2. The minimum atomic E-state index is -0.410. The fraction of sp³-hybridized carbons (Fsp3) is 0.143. The summed E-state index contributed by atoms with van der Waals surface area (Å²) in [7, 11) is 0. The Hall–Kier alpha value is -3.17. The van der Waals surface area contributed by atoms with Gasteiger partial charge in [0.1, 0.15) is 5.82 Å². The molecule has 2 N–H and O–H groups in total. The molecule has 160 valence electrons. The van der Waals surface area contributed by atoms with Crippen LogP contribution in [0.3, 0.4) is 0 Å². The van der Waals surface area contributed by atoms with Gasteiger partial charge in [-0.25, -0.2) is 9.82 Å². The summed E-state index contributed by atoms with van der Waals surface area (Å²) in [5, 5.41) is 16.7. The molecule has 1 amide bonds. The number of aromatic nitrogens is 3. The molecule has 0 spiro atoms. The number of anilines is 1. The number of carbonyl (C=O) groups excluding carboxylic acids is 1. The maximum Gasteiger partial charge on any atom is 0.250 e. The molecule has 0 fully saturated rings. The van der Waals surface area contributed by atoms with Crippen LogP contribution in [0.5, 0.6) is 0 Å². The zero-order valence-corrected chi connectivity index (χ0v) is 18.0. The summed E-state index contributed by atoms with van der Waals surface area (Å²) in [6.45, 7) is 4.71. The smallest absolute Gasteiger partial charge is 0.250 e. The minimum Gasteiger partial charge on any atom is -0.378 e. The first-order valence-electron chi connectivity index (χ1n) is 9.28. The summed E-state index contributed by atoms with van der Waals surface area (Å²) < 4.78 is 15.4. The number of amides is 1. The van der Waals surface area contributed by atoms with Crippen molar-refractivity contribution in [1.29, 1.82) is 0 Å². The molecular formula is C21H20ClFN6OS. The van der Waals surface area contributed by atoms with Gasteiger partial charge >= 0.3 is 0 Å². The third-order valence-corrected chi connectivity index (χ3v) is 5.25. The van der Waals surface area contributed by atoms with Crippen molar-refractivity contribution in [2.24, 2.45) is 5.10 Å². The van der Waals surface area contributed by atoms with Crippen LogP contribution in [-0.4, -0.2) is 32.6 Å². The highest BCUT2D eigenvalue weighted by Gasteiger charge is 2.13. The summed E-state index contributed by atoms with van der Waals surface area (Å²) in [4.78, 5) is 12.1. The predicted molar refractivity (Wildman–Crippen MR) is 122 cm³/mol. The lowest BCUT2D eigenvalue weighted by Gasteiger charge is -2.09. The van der Waals surface area contributed by atoms with Crippen LogP contribution in [0.25, 0.3) is 0 Å². The highest BCUT2D eigenvalue weighted by molar-refractivity contribution is 7.99. The summed E-state index contributed by atoms with van der Waals surface area (Å²) >= 11 is 7.13. The Bertz CT molecular complexity index is 1070. The Morgan fingerprint density at radius 2 is 2.00 bits per heavy atom. The van der Waals surface area contributed by atoms with Crippen LogP contribution in [0.1, 0.15) is 11.4 Å². The lowest BCUT2D eigenvalue weighted by Crippen LogP contribution is -2.20. The van der Waals surface area contributed by atoms with E-state index in [0.717, 1.165) is 5.69 Å². The number of carbonyl (C=O) groups is 1. The molecular weight excluding hydrogens is 439 g/mol. The van der Waals surface area contributed by atoms with E-state index in [-0.39, 0.29) is 11.7 Å². The van der Waals surface area contributed by atoms with E-state index in [0.29, 0.717) is 34.7 Å². The largest absolute Gasteiger partial charge is 0.378 e. The van der Waals surface area contributed by atoms with E-state index >= 15 is 0 Å². The van der Waals surface area contributed by atoms with Crippen LogP contribution < -0.4 is 10.7 Å². The molecule has 0 aliphatic rings. The number of nitrogens with one attached hydrogen (secondary N) is 2. The second-order valence-corrected chi connectivity index (χ2v) is 7.64. The number of hydrogen-bond acceptors (Lipinski definition) is 6. The van der Waals surface area contributed by atoms with Gasteiger partial charge in [-0.1, -0.05) is 47.6 Å². The van der Waals surface area contributed by atoms with E-state index in [2.05, 4.69) is 32.6 Å². The van der Waals surface area contributed by atoms with Crippen molar-refractivity contribution >= 4 is 41.2 Å². The monoisotopic (exact) mass is 458 g/mol. The quantitative estimate of drug-likeness (QED) is 0.207. The van der Waals surface area contributed by atoms with Crippen molar-refractivity contribution in [3.05, 3.63) is 83.4 Å². The third kappa shape index (κ3) is 6.66. The number of nitrogens with zero attached hydrogens (tertiary/aromatic N) is 4. The van der Waals surface area contributed by atoms with E-state index in [1.165, 1.54) is 24.0 Å². The molecule has 0 bridgehead atoms. The molecule has 0 saturated carbocycles. The first-order valence-corrected chi connectivity index (χ1v) is 10.6. The fourth-order valence-corrected chi connectivity index (χ4v) is 3.42. The number of rotatable bonds is 10. The molecule has 1 aromatic heterocycles. The molecule has 0 atom stereocenters. The van der Waals surface area contributed by atoms with Gasteiger partial charge in [-0.15, -0.1) is 16.8 Å². The normalized spacial score (nSPS) is 10.9. The first kappa shape index (κ1) is 22.5. The van der Waals surface area contributed by atoms with Gasteiger partial charge in [-0.3, -0.25) is 4.79 Å². The van der Waals surface area contributed by atoms with E-state index in [4.69, 9.17) is 11.6 Å². The van der Waals surface area contributed by atoms with Gasteiger partial charge in [0.25, 0.3) is 5.91 Å². The number of thioether (sulfide) groups is 1. The number of allylic oxidation sites excluding steroid dienone is 1. The van der Waals surface area contributed by atoms with E-state index < -0.39 is 5.82 Å². The number of benzene rings is 2. The van der Waals surface area contributed by atoms with Gasteiger partial charge in [0.15, 0.2) is 11.0 Å². The first-order chi connectivity index (χ1) is 15.1. The second-order valence-electron chi connectivity index (χ2n) is 6.26. The summed E-state index contributed by atoms with van der Waals surface area (Å²) in [5.74, 6) is 0.0307. The lowest BCUT2D eigenvalue weighted by molar-refractivity contribution is -0.118. The SMILES string of the molecule is C=CCn1c(CNc2ccc(Cl)cc2)nnc1SCC(=O)N/N=C/c1ccccc1F. The minimum absolute atomic E-state index is 0.0779. The van der Waals surface area contributed by atoms with E-state index in [1.807, 2.05) is 16.7 Å². The second kappa shape index (κ2) is 11.3. The van der Waals surface area contributed by atoms with Crippen molar-refractivity contribution in [2.75, 3.05) is 11.1 Å². The molecule has 2 aromatic carbocycles. The molecule has 0 unspecified atom stereocenters. The molecule has 0 aliphatic heterocycles. The molecule has 1 heterocycles. The van der Waals surface area contributed by atoms with Gasteiger partial charge < -0.3 is 9.88 Å². The van der Waals surface area contributed by atoms with Gasteiger partial charge in [-0.05, 0) is 30.3 Å². The van der Waals surface area contributed by atoms with Gasteiger partial charge in [0.2, 0.25) is 0 Å². The van der Waals surface area contributed by atoms with Gasteiger partial charge in [-0.2, -0.15) is 5.10 Å². The van der Waals surface area contributed by atoms with Crippen LogP contribution >= 0.6 is 23.4 Å². The van der Waals surface area contributed by atoms with Crippen LogP contribution in [0.15, 0.2) is 71.4 Å². The zero-order valence-electron chi connectivity index (χ0n) is 16.5. The molecule has 0 radical (unpaired) electrons. The van der Waals surface area contributed by atoms with Crippen molar-refractivity contribution < 1.29 is 9.18 Å². The van der Waals surface area contributed by atoms with Crippen LogP contribution in [0.4, 0.5) is 10.1 Å². The van der Waals surface area contributed by atoms with Crippen molar-refractivity contribution in [1.82, 2.24) is 20.2 Å². The van der Waals surface area contributed by atoms with Crippen LogP contribution in [-0.2, 0) is 17.9 Å². The molecule has 3 aromatic rings. The Morgan fingerprint density at radius 1 is 1.23 bits per heavy atom. The molecule has 0 aliphatic carbocycles. The average molecular weight is 459 g/mol. The van der Waals surface area contributed by atoms with Crippen LogP contribution in [0.2, 0.25) is 5.02 Å². The Labute approximate surface area is 188 Å². The highest BCUT2D eigenvalue weighted by atomic mass is 35.5. The molecule has 0 saturated heterocycles. The van der Waals surface area contributed by atoms with Gasteiger partial charge in [0.05, 0.1) is 18.5 Å². The Morgan fingerprint density at radius 3 is 2.74 bits per heavy atom. The number of hydrazone groups is 1. The summed E-state index contributed by atoms with van der Waals surface area (Å²) in [5.41, 5.74) is 3.57. The van der Waals surface area contributed by atoms with Crippen molar-refractivity contribution in [2.45, 2.75) is 18.2 Å². The standard InChI is InChI=1S/C21H20ClFN6OS/c1-2-11-29-19(13-24-17-9-7-16(22)8-10-17)26-28-21(29)31-14-20(30)27-25-12-15-5-3-4-6-18(15)23/h2-10,12,24H,1,11,13-14H2,(H,27,30)/b25-12+. The maximum atomic E-state index is 13.5.